The molecule has 0 N–H and O–H groups in total. The molecule has 0 saturated heterocycles. The van der Waals surface area contributed by atoms with Crippen molar-refractivity contribution in [3.8, 4) is 5.75 Å². The van der Waals surface area contributed by atoms with Crippen molar-refractivity contribution in [3.63, 3.8) is 0 Å². The molecule has 0 atom stereocenters. The summed E-state index contributed by atoms with van der Waals surface area (Å²) < 4.78 is 5.32. The summed E-state index contributed by atoms with van der Waals surface area (Å²) in [6.07, 6.45) is 8.54. The highest BCUT2D eigenvalue weighted by Crippen LogP contribution is 2.21. The van der Waals surface area contributed by atoms with E-state index in [1.54, 1.807) is 7.11 Å². The Morgan fingerprint density at radius 2 is 2.00 bits per heavy atom. The summed E-state index contributed by atoms with van der Waals surface area (Å²) in [7, 11) is 1.71. The molecule has 2 nitrogen and oxygen atoms in total. The van der Waals surface area contributed by atoms with Crippen LogP contribution in [0, 0.1) is 6.92 Å². The van der Waals surface area contributed by atoms with E-state index in [2.05, 4.69) is 30.1 Å². The molecule has 2 heteroatoms. The number of methoxy groups -OCH3 is 1. The minimum atomic E-state index is 0.538. The molecule has 1 aliphatic carbocycles. The van der Waals surface area contributed by atoms with Crippen LogP contribution < -0.4 is 4.74 Å². The number of nitrogens with zero attached hydrogens (tertiary/aromatic N) is 1. The lowest BCUT2D eigenvalue weighted by atomic mass is 9.96. The number of hydrogen-bond donors (Lipinski definition) is 0. The van der Waals surface area contributed by atoms with Gasteiger partial charge in [0, 0.05) is 12.3 Å². The lowest BCUT2D eigenvalue weighted by Crippen LogP contribution is -2.09. The summed E-state index contributed by atoms with van der Waals surface area (Å²) in [4.78, 5) is 4.68. The van der Waals surface area contributed by atoms with Crippen molar-refractivity contribution in [2.75, 3.05) is 7.11 Å². The first-order valence-corrected chi connectivity index (χ1v) is 6.47. The highest BCUT2D eigenvalue weighted by molar-refractivity contribution is 5.80. The van der Waals surface area contributed by atoms with Gasteiger partial charge in [0.15, 0.2) is 0 Å². The van der Waals surface area contributed by atoms with Gasteiger partial charge in [0.25, 0.3) is 0 Å². The quantitative estimate of drug-likeness (QED) is 0.726. The van der Waals surface area contributed by atoms with Crippen molar-refractivity contribution >= 4 is 6.21 Å². The minimum Gasteiger partial charge on any atom is -0.496 e. The van der Waals surface area contributed by atoms with Gasteiger partial charge in [-0.3, -0.25) is 4.99 Å². The number of benzene rings is 1. The highest BCUT2D eigenvalue weighted by Gasteiger charge is 2.10. The van der Waals surface area contributed by atoms with Gasteiger partial charge in [0.1, 0.15) is 5.75 Å². The second-order valence-corrected chi connectivity index (χ2v) is 4.80. The molecule has 0 heterocycles. The maximum absolute atomic E-state index is 5.32. The van der Waals surface area contributed by atoms with Gasteiger partial charge in [-0.25, -0.2) is 0 Å². The van der Waals surface area contributed by atoms with Gasteiger partial charge in [-0.1, -0.05) is 31.4 Å². The van der Waals surface area contributed by atoms with Crippen molar-refractivity contribution in [1.29, 1.82) is 0 Å². The molecule has 1 aliphatic rings. The average Bonchev–Trinajstić information content (AvgIpc) is 2.39. The molecule has 0 amide bonds. The van der Waals surface area contributed by atoms with Gasteiger partial charge in [0.2, 0.25) is 0 Å². The Morgan fingerprint density at radius 1 is 1.24 bits per heavy atom. The van der Waals surface area contributed by atoms with E-state index in [0.717, 1.165) is 11.3 Å². The number of ether oxygens (including phenoxy) is 1. The van der Waals surface area contributed by atoms with Gasteiger partial charge < -0.3 is 4.74 Å². The molecule has 0 unspecified atom stereocenters. The first-order chi connectivity index (χ1) is 8.29. The van der Waals surface area contributed by atoms with Gasteiger partial charge in [-0.2, -0.15) is 0 Å². The topological polar surface area (TPSA) is 21.6 Å². The molecule has 0 aliphatic heterocycles. The van der Waals surface area contributed by atoms with Gasteiger partial charge in [-0.15, -0.1) is 0 Å². The molecule has 2 rings (SSSR count). The van der Waals surface area contributed by atoms with Gasteiger partial charge >= 0.3 is 0 Å². The second-order valence-electron chi connectivity index (χ2n) is 4.80. The summed E-state index contributed by atoms with van der Waals surface area (Å²) in [6.45, 7) is 2.06. The molecule has 0 bridgehead atoms. The zero-order valence-corrected chi connectivity index (χ0v) is 10.8. The zero-order valence-electron chi connectivity index (χ0n) is 10.8. The smallest absolute Gasteiger partial charge is 0.122 e. The lowest BCUT2D eigenvalue weighted by molar-refractivity contribution is 0.411. The van der Waals surface area contributed by atoms with Crippen LogP contribution in [0.1, 0.15) is 43.2 Å². The lowest BCUT2D eigenvalue weighted by Gasteiger charge is -2.17. The Kier molecular flexibility index (Phi) is 4.18. The van der Waals surface area contributed by atoms with Crippen molar-refractivity contribution in [2.45, 2.75) is 45.1 Å². The molecule has 92 valence electrons. The Balaban J connectivity index is 2.04. The number of hydrogen-bond acceptors (Lipinski definition) is 2. The minimum absolute atomic E-state index is 0.538. The van der Waals surface area contributed by atoms with E-state index >= 15 is 0 Å². The zero-order chi connectivity index (χ0) is 12.1. The number of rotatable bonds is 3. The third kappa shape index (κ3) is 3.32. The molecule has 17 heavy (non-hydrogen) atoms. The molecular formula is C15H21NO. The predicted octanol–water partition coefficient (Wildman–Crippen LogP) is 3.76. The number of aryl methyl sites for hydroxylation is 1. The van der Waals surface area contributed by atoms with E-state index in [-0.39, 0.29) is 0 Å². The van der Waals surface area contributed by atoms with Crippen LogP contribution in [0.5, 0.6) is 5.75 Å². The van der Waals surface area contributed by atoms with Crippen molar-refractivity contribution in [1.82, 2.24) is 0 Å². The third-order valence-corrected chi connectivity index (χ3v) is 3.44. The SMILES string of the molecule is COc1cc(/C=N/C2CCCCC2)ccc1C. The van der Waals surface area contributed by atoms with Gasteiger partial charge in [-0.05, 0) is 37.0 Å². The monoisotopic (exact) mass is 231 g/mol. The van der Waals surface area contributed by atoms with Crippen LogP contribution in [0.25, 0.3) is 0 Å². The molecule has 0 radical (unpaired) electrons. The van der Waals surface area contributed by atoms with Crippen LogP contribution in [0.2, 0.25) is 0 Å². The maximum Gasteiger partial charge on any atom is 0.122 e. The summed E-state index contributed by atoms with van der Waals surface area (Å²) in [5.74, 6) is 0.942. The van der Waals surface area contributed by atoms with Crippen molar-refractivity contribution in [2.24, 2.45) is 4.99 Å². The summed E-state index contributed by atoms with van der Waals surface area (Å²) in [5, 5.41) is 0. The van der Waals surface area contributed by atoms with Crippen molar-refractivity contribution in [3.05, 3.63) is 29.3 Å². The fourth-order valence-electron chi connectivity index (χ4n) is 2.34. The van der Waals surface area contributed by atoms with Crippen LogP contribution in [0.3, 0.4) is 0 Å². The van der Waals surface area contributed by atoms with Crippen LogP contribution in [-0.4, -0.2) is 19.4 Å². The Hall–Kier alpha value is -1.31. The fraction of sp³-hybridized carbons (Fsp3) is 0.533. The second kappa shape index (κ2) is 5.85. The Bertz CT molecular complexity index is 392. The summed E-state index contributed by atoms with van der Waals surface area (Å²) >= 11 is 0. The number of aliphatic imine (C=N–C) groups is 1. The van der Waals surface area contributed by atoms with E-state index in [9.17, 15) is 0 Å². The summed E-state index contributed by atoms with van der Waals surface area (Å²) in [6, 6.07) is 6.78. The van der Waals surface area contributed by atoms with Crippen molar-refractivity contribution < 1.29 is 4.74 Å². The standard InChI is InChI=1S/C15H21NO/c1-12-8-9-13(10-15(12)17-2)11-16-14-6-4-3-5-7-14/h8-11,14H,3-7H2,1-2H3/b16-11+. The first kappa shape index (κ1) is 12.2. The van der Waals surface area contributed by atoms with Crippen LogP contribution in [0.4, 0.5) is 0 Å². The van der Waals surface area contributed by atoms with Crippen LogP contribution in [0.15, 0.2) is 23.2 Å². The largest absolute Gasteiger partial charge is 0.496 e. The molecule has 1 aromatic rings. The highest BCUT2D eigenvalue weighted by atomic mass is 16.5. The molecular weight excluding hydrogens is 210 g/mol. The van der Waals surface area contributed by atoms with E-state index in [1.807, 2.05) is 6.21 Å². The summed E-state index contributed by atoms with van der Waals surface area (Å²) in [5.41, 5.74) is 2.31. The Morgan fingerprint density at radius 3 is 2.71 bits per heavy atom. The molecule has 0 spiro atoms. The predicted molar refractivity (Wildman–Crippen MR) is 72.2 cm³/mol. The van der Waals surface area contributed by atoms with E-state index in [1.165, 1.54) is 37.7 Å². The van der Waals surface area contributed by atoms with Gasteiger partial charge in [0.05, 0.1) is 7.11 Å². The maximum atomic E-state index is 5.32. The van der Waals surface area contributed by atoms with E-state index in [0.29, 0.717) is 6.04 Å². The molecule has 1 aromatic carbocycles. The molecule has 0 aromatic heterocycles. The average molecular weight is 231 g/mol. The molecule has 1 saturated carbocycles. The van der Waals surface area contributed by atoms with Crippen LogP contribution >= 0.6 is 0 Å². The van der Waals surface area contributed by atoms with E-state index < -0.39 is 0 Å². The first-order valence-electron chi connectivity index (χ1n) is 6.47. The normalized spacial score (nSPS) is 17.5. The molecule has 1 fully saturated rings. The third-order valence-electron chi connectivity index (χ3n) is 3.44. The van der Waals surface area contributed by atoms with Crippen LogP contribution in [-0.2, 0) is 0 Å². The Labute approximate surface area is 104 Å². The van der Waals surface area contributed by atoms with E-state index in [4.69, 9.17) is 4.74 Å². The fourth-order valence-corrected chi connectivity index (χ4v) is 2.34.